The zero-order valence-electron chi connectivity index (χ0n) is 8.59. The average Bonchev–Trinajstić information content (AvgIpc) is 2.09. The minimum atomic E-state index is 0.702. The van der Waals surface area contributed by atoms with Crippen molar-refractivity contribution in [3.8, 4) is 0 Å². The van der Waals surface area contributed by atoms with Gasteiger partial charge in [-0.15, -0.1) is 0 Å². The van der Waals surface area contributed by atoms with Gasteiger partial charge in [0.25, 0.3) is 0 Å². The highest BCUT2D eigenvalue weighted by molar-refractivity contribution is 5.21. The van der Waals surface area contributed by atoms with Gasteiger partial charge in [-0.1, -0.05) is 36.8 Å². The molecule has 1 nitrogen and oxygen atoms in total. The van der Waals surface area contributed by atoms with Crippen LogP contribution in [0.5, 0.6) is 0 Å². The number of benzene rings is 1. The number of hydrogen-bond acceptors (Lipinski definition) is 1. The number of rotatable bonds is 4. The third-order valence-electron chi connectivity index (χ3n) is 2.36. The van der Waals surface area contributed by atoms with Gasteiger partial charge in [0.15, 0.2) is 0 Å². The molecule has 1 unspecified atom stereocenters. The SMILES string of the molecule is Cc1ccc(CC(C)CCN)cc1. The predicted octanol–water partition coefficient (Wildman–Crippen LogP) is 2.52. The maximum atomic E-state index is 5.51. The second-order valence-corrected chi connectivity index (χ2v) is 3.87. The molecule has 13 heavy (non-hydrogen) atoms. The normalized spacial score (nSPS) is 12.8. The molecule has 2 N–H and O–H groups in total. The lowest BCUT2D eigenvalue weighted by molar-refractivity contribution is 0.538. The van der Waals surface area contributed by atoms with Gasteiger partial charge < -0.3 is 5.73 Å². The summed E-state index contributed by atoms with van der Waals surface area (Å²) in [6.07, 6.45) is 2.27. The summed E-state index contributed by atoms with van der Waals surface area (Å²) in [6.45, 7) is 5.17. The molecule has 72 valence electrons. The minimum Gasteiger partial charge on any atom is -0.330 e. The summed E-state index contributed by atoms with van der Waals surface area (Å²) in [4.78, 5) is 0. The Labute approximate surface area is 81.0 Å². The lowest BCUT2D eigenvalue weighted by Crippen LogP contribution is -2.07. The van der Waals surface area contributed by atoms with Gasteiger partial charge in [0.05, 0.1) is 0 Å². The topological polar surface area (TPSA) is 26.0 Å². The fourth-order valence-electron chi connectivity index (χ4n) is 1.51. The fraction of sp³-hybridized carbons (Fsp3) is 0.500. The van der Waals surface area contributed by atoms with Crippen molar-refractivity contribution in [1.29, 1.82) is 0 Å². The molecule has 0 saturated carbocycles. The Morgan fingerprint density at radius 3 is 2.38 bits per heavy atom. The van der Waals surface area contributed by atoms with Crippen molar-refractivity contribution in [3.63, 3.8) is 0 Å². The Balaban J connectivity index is 2.49. The smallest absolute Gasteiger partial charge is 0.00746 e. The summed E-state index contributed by atoms with van der Waals surface area (Å²) >= 11 is 0. The molecule has 0 amide bonds. The Hall–Kier alpha value is -0.820. The van der Waals surface area contributed by atoms with Crippen LogP contribution in [0.4, 0.5) is 0 Å². The van der Waals surface area contributed by atoms with E-state index in [0.29, 0.717) is 5.92 Å². The molecule has 0 aliphatic heterocycles. The monoisotopic (exact) mass is 177 g/mol. The van der Waals surface area contributed by atoms with Gasteiger partial charge in [0.2, 0.25) is 0 Å². The van der Waals surface area contributed by atoms with Gasteiger partial charge in [-0.3, -0.25) is 0 Å². The van der Waals surface area contributed by atoms with E-state index in [-0.39, 0.29) is 0 Å². The van der Waals surface area contributed by atoms with Crippen molar-refractivity contribution in [2.45, 2.75) is 26.7 Å². The zero-order chi connectivity index (χ0) is 9.68. The molecule has 0 fully saturated rings. The molecule has 1 atom stereocenters. The van der Waals surface area contributed by atoms with E-state index in [1.54, 1.807) is 0 Å². The van der Waals surface area contributed by atoms with Gasteiger partial charge in [0.1, 0.15) is 0 Å². The first kappa shape index (κ1) is 10.3. The highest BCUT2D eigenvalue weighted by Gasteiger charge is 2.01. The van der Waals surface area contributed by atoms with Crippen molar-refractivity contribution in [2.75, 3.05) is 6.54 Å². The molecular weight excluding hydrogens is 158 g/mol. The van der Waals surface area contributed by atoms with E-state index >= 15 is 0 Å². The Kier molecular flexibility index (Phi) is 3.97. The van der Waals surface area contributed by atoms with E-state index in [4.69, 9.17) is 5.73 Å². The lowest BCUT2D eigenvalue weighted by atomic mass is 9.98. The van der Waals surface area contributed by atoms with Crippen LogP contribution < -0.4 is 5.73 Å². The second-order valence-electron chi connectivity index (χ2n) is 3.87. The van der Waals surface area contributed by atoms with Crippen LogP contribution in [0.15, 0.2) is 24.3 Å². The first-order valence-corrected chi connectivity index (χ1v) is 4.98. The summed E-state index contributed by atoms with van der Waals surface area (Å²) in [5.41, 5.74) is 8.26. The lowest BCUT2D eigenvalue weighted by Gasteiger charge is -2.09. The average molecular weight is 177 g/mol. The van der Waals surface area contributed by atoms with E-state index in [2.05, 4.69) is 38.1 Å². The predicted molar refractivity (Wildman–Crippen MR) is 57.7 cm³/mol. The summed E-state index contributed by atoms with van der Waals surface area (Å²) in [5, 5.41) is 0. The van der Waals surface area contributed by atoms with Crippen LogP contribution in [0.1, 0.15) is 24.5 Å². The van der Waals surface area contributed by atoms with Crippen LogP contribution in [0.25, 0.3) is 0 Å². The molecule has 0 bridgehead atoms. The van der Waals surface area contributed by atoms with E-state index < -0.39 is 0 Å². The molecule has 0 aliphatic rings. The standard InChI is InChI=1S/C12H19N/c1-10-3-5-12(6-4-10)9-11(2)7-8-13/h3-6,11H,7-9,13H2,1-2H3. The summed E-state index contributed by atoms with van der Waals surface area (Å²) < 4.78 is 0. The van der Waals surface area contributed by atoms with E-state index in [1.165, 1.54) is 11.1 Å². The molecule has 0 spiro atoms. The van der Waals surface area contributed by atoms with Gasteiger partial charge in [-0.05, 0) is 37.8 Å². The third kappa shape index (κ3) is 3.60. The molecular formula is C12H19N. The Morgan fingerprint density at radius 2 is 1.85 bits per heavy atom. The van der Waals surface area contributed by atoms with Crippen molar-refractivity contribution in [2.24, 2.45) is 11.7 Å². The molecule has 1 rings (SSSR count). The molecule has 1 aromatic carbocycles. The van der Waals surface area contributed by atoms with Gasteiger partial charge in [-0.25, -0.2) is 0 Å². The van der Waals surface area contributed by atoms with Crippen LogP contribution in [0.3, 0.4) is 0 Å². The van der Waals surface area contributed by atoms with Crippen molar-refractivity contribution < 1.29 is 0 Å². The summed E-state index contributed by atoms with van der Waals surface area (Å²) in [6, 6.07) is 8.76. The minimum absolute atomic E-state index is 0.702. The van der Waals surface area contributed by atoms with E-state index in [9.17, 15) is 0 Å². The maximum absolute atomic E-state index is 5.51. The molecule has 0 heterocycles. The quantitative estimate of drug-likeness (QED) is 0.751. The van der Waals surface area contributed by atoms with E-state index in [0.717, 1.165) is 19.4 Å². The van der Waals surface area contributed by atoms with Crippen LogP contribution in [-0.2, 0) is 6.42 Å². The van der Waals surface area contributed by atoms with Gasteiger partial charge in [-0.2, -0.15) is 0 Å². The number of nitrogens with two attached hydrogens (primary N) is 1. The molecule has 0 aromatic heterocycles. The maximum Gasteiger partial charge on any atom is -0.00746 e. The highest BCUT2D eigenvalue weighted by Crippen LogP contribution is 2.11. The third-order valence-corrected chi connectivity index (χ3v) is 2.36. The summed E-state index contributed by atoms with van der Waals surface area (Å²) in [7, 11) is 0. The number of hydrogen-bond donors (Lipinski definition) is 1. The number of aryl methyl sites for hydroxylation is 1. The first-order chi connectivity index (χ1) is 6.22. The Bertz CT molecular complexity index is 238. The molecule has 0 aliphatic carbocycles. The molecule has 1 aromatic rings. The van der Waals surface area contributed by atoms with Crippen molar-refractivity contribution in [3.05, 3.63) is 35.4 Å². The fourth-order valence-corrected chi connectivity index (χ4v) is 1.51. The molecule has 1 heteroatoms. The molecule has 0 radical (unpaired) electrons. The van der Waals surface area contributed by atoms with Gasteiger partial charge in [0, 0.05) is 0 Å². The van der Waals surface area contributed by atoms with Crippen LogP contribution in [-0.4, -0.2) is 6.54 Å². The van der Waals surface area contributed by atoms with Crippen LogP contribution in [0.2, 0.25) is 0 Å². The highest BCUT2D eigenvalue weighted by atomic mass is 14.5. The Morgan fingerprint density at radius 1 is 1.23 bits per heavy atom. The van der Waals surface area contributed by atoms with Crippen LogP contribution >= 0.6 is 0 Å². The van der Waals surface area contributed by atoms with Crippen molar-refractivity contribution in [1.82, 2.24) is 0 Å². The van der Waals surface area contributed by atoms with Crippen molar-refractivity contribution >= 4 is 0 Å². The van der Waals surface area contributed by atoms with Gasteiger partial charge >= 0.3 is 0 Å². The van der Waals surface area contributed by atoms with E-state index in [1.807, 2.05) is 0 Å². The zero-order valence-corrected chi connectivity index (χ0v) is 8.59. The summed E-state index contributed by atoms with van der Waals surface area (Å²) in [5.74, 6) is 0.702. The second kappa shape index (κ2) is 5.03. The molecule has 0 saturated heterocycles. The largest absolute Gasteiger partial charge is 0.330 e. The van der Waals surface area contributed by atoms with Crippen LogP contribution in [0, 0.1) is 12.8 Å². The first-order valence-electron chi connectivity index (χ1n) is 4.98.